The van der Waals surface area contributed by atoms with E-state index in [1.807, 2.05) is 38.1 Å². The molecule has 1 amide bonds. The van der Waals surface area contributed by atoms with Gasteiger partial charge in [-0.3, -0.25) is 14.0 Å². The summed E-state index contributed by atoms with van der Waals surface area (Å²) in [5.41, 5.74) is 1.37. The van der Waals surface area contributed by atoms with Gasteiger partial charge in [-0.25, -0.2) is 0 Å². The van der Waals surface area contributed by atoms with Crippen LogP contribution in [-0.2, 0) is 9.53 Å². The third kappa shape index (κ3) is 4.79. The van der Waals surface area contributed by atoms with Crippen molar-refractivity contribution in [2.24, 2.45) is 0 Å². The molecule has 1 N–H and O–H groups in total. The second-order valence-electron chi connectivity index (χ2n) is 6.81. The van der Waals surface area contributed by atoms with Crippen molar-refractivity contribution >= 4 is 17.6 Å². The first-order valence-electron chi connectivity index (χ1n) is 9.60. The molecule has 3 rings (SSSR count). The number of ether oxygens (including phenoxy) is 2. The molecule has 0 unspecified atom stereocenters. The second-order valence-corrected chi connectivity index (χ2v) is 6.81. The predicted molar refractivity (Wildman–Crippen MR) is 116 cm³/mol. The van der Waals surface area contributed by atoms with Gasteiger partial charge in [0, 0.05) is 19.9 Å². The van der Waals surface area contributed by atoms with Crippen molar-refractivity contribution in [3.05, 3.63) is 75.2 Å². The Kier molecular flexibility index (Phi) is 6.80. The summed E-state index contributed by atoms with van der Waals surface area (Å²) in [7, 11) is 1.51. The van der Waals surface area contributed by atoms with Crippen LogP contribution in [0.4, 0.5) is 0 Å². The van der Waals surface area contributed by atoms with Gasteiger partial charge in [0.05, 0.1) is 6.61 Å². The van der Waals surface area contributed by atoms with E-state index in [9.17, 15) is 14.9 Å². The zero-order chi connectivity index (χ0) is 22.4. The average molecular weight is 418 g/mol. The van der Waals surface area contributed by atoms with E-state index < -0.39 is 11.5 Å². The molecule has 158 valence electrons. The number of aryl methyl sites for hydroxylation is 2. The van der Waals surface area contributed by atoms with Crippen LogP contribution in [0.2, 0.25) is 0 Å². The van der Waals surface area contributed by atoms with E-state index in [1.165, 1.54) is 17.6 Å². The van der Waals surface area contributed by atoms with Gasteiger partial charge < -0.3 is 14.8 Å². The first-order chi connectivity index (χ1) is 15.0. The Balaban J connectivity index is 2.17. The largest absolute Gasteiger partial charge is 0.438 e. The number of benzene rings is 1. The highest BCUT2D eigenvalue weighted by Crippen LogP contribution is 2.27. The fraction of sp³-hybridized carbons (Fsp3) is 0.217. The van der Waals surface area contributed by atoms with Crippen LogP contribution in [0.1, 0.15) is 16.7 Å². The number of nitrogens with one attached hydrogen (secondary N) is 1. The van der Waals surface area contributed by atoms with E-state index in [2.05, 4.69) is 10.3 Å². The van der Waals surface area contributed by atoms with E-state index in [4.69, 9.17) is 9.47 Å². The lowest BCUT2D eigenvalue weighted by Gasteiger charge is -2.12. The van der Waals surface area contributed by atoms with Gasteiger partial charge >= 0.3 is 0 Å². The minimum Gasteiger partial charge on any atom is -0.438 e. The van der Waals surface area contributed by atoms with Crippen LogP contribution >= 0.6 is 0 Å². The molecule has 1 aromatic carbocycles. The number of amides is 1. The first kappa shape index (κ1) is 21.7. The number of pyridine rings is 1. The molecule has 0 aliphatic heterocycles. The van der Waals surface area contributed by atoms with Gasteiger partial charge in [-0.2, -0.15) is 10.2 Å². The summed E-state index contributed by atoms with van der Waals surface area (Å²) in [5, 5.41) is 12.1. The molecule has 0 atom stereocenters. The number of carbonyl (C=O) groups is 1. The maximum atomic E-state index is 13.2. The maximum Gasteiger partial charge on any atom is 0.269 e. The molecule has 0 spiro atoms. The highest BCUT2D eigenvalue weighted by molar-refractivity contribution is 6.01. The number of fused-ring (bicyclic) bond motifs is 1. The normalized spacial score (nSPS) is 11.2. The second kappa shape index (κ2) is 9.69. The lowest BCUT2D eigenvalue weighted by atomic mass is 10.1. The van der Waals surface area contributed by atoms with Gasteiger partial charge in [-0.15, -0.1) is 0 Å². The fourth-order valence-corrected chi connectivity index (χ4v) is 2.92. The summed E-state index contributed by atoms with van der Waals surface area (Å²) in [4.78, 5) is 30.2. The number of rotatable bonds is 7. The predicted octanol–water partition coefficient (Wildman–Crippen LogP) is 2.77. The summed E-state index contributed by atoms with van der Waals surface area (Å²) in [6.07, 6.45) is 2.79. The molecule has 0 radical (unpaired) electrons. The minimum atomic E-state index is -0.616. The van der Waals surface area contributed by atoms with Crippen LogP contribution in [0.3, 0.4) is 0 Å². The zero-order valence-corrected chi connectivity index (χ0v) is 17.5. The van der Waals surface area contributed by atoms with Crippen molar-refractivity contribution in [1.82, 2.24) is 14.7 Å². The number of nitriles is 1. The lowest BCUT2D eigenvalue weighted by molar-refractivity contribution is -0.117. The Hall–Kier alpha value is -3.96. The van der Waals surface area contributed by atoms with Crippen molar-refractivity contribution in [1.29, 1.82) is 5.26 Å². The topological polar surface area (TPSA) is 106 Å². The number of aromatic nitrogens is 2. The number of nitrogens with zero attached hydrogens (tertiary/aromatic N) is 3. The Morgan fingerprint density at radius 1 is 1.23 bits per heavy atom. The third-order valence-corrected chi connectivity index (χ3v) is 4.60. The third-order valence-electron chi connectivity index (χ3n) is 4.60. The minimum absolute atomic E-state index is 0.00444. The van der Waals surface area contributed by atoms with Crippen molar-refractivity contribution in [2.75, 3.05) is 20.3 Å². The quantitative estimate of drug-likeness (QED) is 0.359. The molecule has 0 aliphatic rings. The summed E-state index contributed by atoms with van der Waals surface area (Å²) in [5.74, 6) is -0.0776. The van der Waals surface area contributed by atoms with Crippen molar-refractivity contribution in [3.8, 4) is 17.7 Å². The smallest absolute Gasteiger partial charge is 0.269 e. The van der Waals surface area contributed by atoms with Crippen molar-refractivity contribution in [2.45, 2.75) is 13.8 Å². The highest BCUT2D eigenvalue weighted by Gasteiger charge is 2.18. The zero-order valence-electron chi connectivity index (χ0n) is 17.5. The SMILES string of the molecule is COCCNC(=O)C(C#N)=Cc1c(Oc2ccccc2C)nc2c(C)cccn2c1=O. The Labute approximate surface area is 179 Å². The molecule has 0 aliphatic carbocycles. The molecule has 2 heterocycles. The van der Waals surface area contributed by atoms with Gasteiger partial charge in [0.1, 0.15) is 28.6 Å². The standard InChI is InChI=1S/C23H22N4O4/c1-15-7-4-5-9-19(15)31-22-18(13-17(14-24)21(28)25-10-12-30-3)23(29)27-11-6-8-16(2)20(27)26-22/h4-9,11,13H,10,12H2,1-3H3,(H,25,28). The molecule has 0 bridgehead atoms. The lowest BCUT2D eigenvalue weighted by Crippen LogP contribution is -2.28. The Bertz CT molecular complexity index is 1250. The molecule has 0 fully saturated rings. The number of methoxy groups -OCH3 is 1. The molecule has 8 heteroatoms. The van der Waals surface area contributed by atoms with E-state index in [-0.39, 0.29) is 23.6 Å². The highest BCUT2D eigenvalue weighted by atomic mass is 16.5. The monoisotopic (exact) mass is 418 g/mol. The number of carbonyl (C=O) groups excluding carboxylic acids is 1. The summed E-state index contributed by atoms with van der Waals surface area (Å²) in [6, 6.07) is 12.7. The van der Waals surface area contributed by atoms with Crippen molar-refractivity contribution < 1.29 is 14.3 Å². The molecule has 8 nitrogen and oxygen atoms in total. The Morgan fingerprint density at radius 2 is 1.97 bits per heavy atom. The number of hydrogen-bond donors (Lipinski definition) is 1. The number of para-hydroxylation sites is 1. The summed E-state index contributed by atoms with van der Waals surface area (Å²) in [6.45, 7) is 4.23. The molecule has 31 heavy (non-hydrogen) atoms. The van der Waals surface area contributed by atoms with E-state index >= 15 is 0 Å². The molecule has 0 saturated heterocycles. The van der Waals surface area contributed by atoms with Gasteiger partial charge in [0.2, 0.25) is 5.88 Å². The van der Waals surface area contributed by atoms with E-state index in [0.29, 0.717) is 18.0 Å². The fourth-order valence-electron chi connectivity index (χ4n) is 2.92. The Morgan fingerprint density at radius 3 is 2.68 bits per heavy atom. The van der Waals surface area contributed by atoms with E-state index in [0.717, 1.165) is 11.1 Å². The first-order valence-corrected chi connectivity index (χ1v) is 9.60. The van der Waals surface area contributed by atoms with Gasteiger partial charge in [0.15, 0.2) is 0 Å². The molecule has 3 aromatic rings. The van der Waals surface area contributed by atoms with Gasteiger partial charge in [-0.05, 0) is 43.2 Å². The van der Waals surface area contributed by atoms with Crippen LogP contribution in [0, 0.1) is 25.2 Å². The van der Waals surface area contributed by atoms with Crippen LogP contribution in [0.25, 0.3) is 11.7 Å². The molecular formula is C23H22N4O4. The van der Waals surface area contributed by atoms with Gasteiger partial charge in [0.25, 0.3) is 11.5 Å². The molecule has 2 aromatic heterocycles. The van der Waals surface area contributed by atoms with Crippen LogP contribution < -0.4 is 15.6 Å². The van der Waals surface area contributed by atoms with Gasteiger partial charge in [-0.1, -0.05) is 24.3 Å². The summed E-state index contributed by atoms with van der Waals surface area (Å²) >= 11 is 0. The van der Waals surface area contributed by atoms with Crippen LogP contribution in [-0.4, -0.2) is 35.6 Å². The molecule has 0 saturated carbocycles. The van der Waals surface area contributed by atoms with Crippen LogP contribution in [0.15, 0.2) is 53.0 Å². The summed E-state index contributed by atoms with van der Waals surface area (Å²) < 4.78 is 12.2. The maximum absolute atomic E-state index is 13.2. The number of hydrogen-bond acceptors (Lipinski definition) is 6. The van der Waals surface area contributed by atoms with Crippen LogP contribution in [0.5, 0.6) is 11.6 Å². The molecular weight excluding hydrogens is 396 g/mol. The van der Waals surface area contributed by atoms with Crippen molar-refractivity contribution in [3.63, 3.8) is 0 Å². The average Bonchev–Trinajstić information content (AvgIpc) is 2.76. The van der Waals surface area contributed by atoms with E-state index in [1.54, 1.807) is 24.4 Å².